The van der Waals surface area contributed by atoms with Crippen molar-refractivity contribution in [2.45, 2.75) is 25.9 Å². The summed E-state index contributed by atoms with van der Waals surface area (Å²) in [5.41, 5.74) is 1.71. The molecule has 3 amide bonds. The Bertz CT molecular complexity index is 735. The second-order valence-corrected chi connectivity index (χ2v) is 6.18. The number of benzene rings is 2. The van der Waals surface area contributed by atoms with Gasteiger partial charge in [-0.15, -0.1) is 0 Å². The van der Waals surface area contributed by atoms with Crippen LogP contribution in [0.5, 0.6) is 0 Å². The van der Waals surface area contributed by atoms with E-state index in [1.165, 1.54) is 12.1 Å². The minimum absolute atomic E-state index is 0.140. The number of halogens is 2. The number of nitrogens with one attached hydrogen (secondary N) is 3. The zero-order valence-electron chi connectivity index (χ0n) is 14.4. The second kappa shape index (κ2) is 9.77. The highest BCUT2D eigenvalue weighted by Crippen LogP contribution is 2.18. The zero-order valence-corrected chi connectivity index (χ0v) is 15.1. The monoisotopic (exact) mass is 377 g/mol. The first-order valence-corrected chi connectivity index (χ1v) is 8.66. The lowest BCUT2D eigenvalue weighted by molar-refractivity contribution is -0.120. The fraction of sp³-hybridized carbons (Fsp3) is 0.263. The van der Waals surface area contributed by atoms with Gasteiger partial charge in [-0.2, -0.15) is 0 Å². The molecule has 0 fully saturated rings. The van der Waals surface area contributed by atoms with Gasteiger partial charge < -0.3 is 16.0 Å². The lowest BCUT2D eigenvalue weighted by Gasteiger charge is -2.18. The van der Waals surface area contributed by atoms with E-state index in [9.17, 15) is 14.0 Å². The molecular formula is C19H21ClFN3O2. The van der Waals surface area contributed by atoms with Gasteiger partial charge in [0.05, 0.1) is 12.6 Å². The van der Waals surface area contributed by atoms with E-state index in [4.69, 9.17) is 11.6 Å². The molecule has 2 aromatic carbocycles. The van der Waals surface area contributed by atoms with Crippen LogP contribution in [0.4, 0.5) is 9.18 Å². The fourth-order valence-corrected chi connectivity index (χ4v) is 2.50. The molecule has 5 nitrogen and oxygen atoms in total. The largest absolute Gasteiger partial charge is 0.348 e. The molecule has 1 atom stereocenters. The number of urea groups is 1. The van der Waals surface area contributed by atoms with Crippen molar-refractivity contribution in [1.82, 2.24) is 16.0 Å². The number of amides is 3. The van der Waals surface area contributed by atoms with Gasteiger partial charge in [0.15, 0.2) is 0 Å². The van der Waals surface area contributed by atoms with Crippen molar-refractivity contribution in [3.05, 3.63) is 70.5 Å². The van der Waals surface area contributed by atoms with Crippen LogP contribution in [-0.2, 0) is 11.3 Å². The van der Waals surface area contributed by atoms with E-state index in [1.54, 1.807) is 24.3 Å². The highest BCUT2D eigenvalue weighted by atomic mass is 35.5. The predicted molar refractivity (Wildman–Crippen MR) is 99.3 cm³/mol. The Hall–Kier alpha value is -2.60. The molecule has 0 aromatic heterocycles. The Kier molecular flexibility index (Phi) is 7.41. The fourth-order valence-electron chi connectivity index (χ4n) is 2.37. The molecule has 2 aromatic rings. The van der Waals surface area contributed by atoms with Gasteiger partial charge in [-0.25, -0.2) is 9.18 Å². The van der Waals surface area contributed by atoms with Crippen LogP contribution in [0.15, 0.2) is 48.5 Å². The van der Waals surface area contributed by atoms with Crippen molar-refractivity contribution < 1.29 is 14.0 Å². The van der Waals surface area contributed by atoms with Gasteiger partial charge in [0.1, 0.15) is 5.82 Å². The molecular weight excluding hydrogens is 357 g/mol. The van der Waals surface area contributed by atoms with Crippen LogP contribution in [0.2, 0.25) is 5.02 Å². The quantitative estimate of drug-likeness (QED) is 0.690. The average Bonchev–Trinajstić information content (AvgIpc) is 2.65. The molecule has 0 bridgehead atoms. The summed E-state index contributed by atoms with van der Waals surface area (Å²) in [4.78, 5) is 23.8. The summed E-state index contributed by atoms with van der Waals surface area (Å²) in [6, 6.07) is 12.5. The molecule has 0 saturated heterocycles. The van der Waals surface area contributed by atoms with Crippen LogP contribution in [0.3, 0.4) is 0 Å². The van der Waals surface area contributed by atoms with Gasteiger partial charge >= 0.3 is 6.03 Å². The van der Waals surface area contributed by atoms with E-state index in [0.717, 1.165) is 11.1 Å². The van der Waals surface area contributed by atoms with Crippen LogP contribution in [0, 0.1) is 5.82 Å². The van der Waals surface area contributed by atoms with Crippen molar-refractivity contribution in [1.29, 1.82) is 0 Å². The minimum atomic E-state index is -0.469. The van der Waals surface area contributed by atoms with Crippen LogP contribution in [0.1, 0.15) is 30.5 Å². The smallest absolute Gasteiger partial charge is 0.315 e. The summed E-state index contributed by atoms with van der Waals surface area (Å²) >= 11 is 5.87. The minimum Gasteiger partial charge on any atom is -0.348 e. The lowest BCUT2D eigenvalue weighted by atomic mass is 10.0. The summed E-state index contributed by atoms with van der Waals surface area (Å²) in [7, 11) is 0. The molecule has 0 aliphatic carbocycles. The summed E-state index contributed by atoms with van der Waals surface area (Å²) in [5.74, 6) is -0.621. The topological polar surface area (TPSA) is 70.2 Å². The molecule has 2 rings (SSSR count). The second-order valence-electron chi connectivity index (χ2n) is 5.74. The summed E-state index contributed by atoms with van der Waals surface area (Å²) in [6.07, 6.45) is 0.712. The third-order valence-electron chi connectivity index (χ3n) is 3.79. The maximum Gasteiger partial charge on any atom is 0.315 e. The molecule has 0 unspecified atom stereocenters. The molecule has 0 aliphatic rings. The van der Waals surface area contributed by atoms with Gasteiger partial charge in [0.2, 0.25) is 5.91 Å². The van der Waals surface area contributed by atoms with Crippen molar-refractivity contribution in [3.8, 4) is 0 Å². The van der Waals surface area contributed by atoms with Crippen LogP contribution < -0.4 is 16.0 Å². The molecule has 7 heteroatoms. The van der Waals surface area contributed by atoms with Gasteiger partial charge in [0.25, 0.3) is 0 Å². The van der Waals surface area contributed by atoms with Gasteiger partial charge in [-0.3, -0.25) is 4.79 Å². The van der Waals surface area contributed by atoms with E-state index in [2.05, 4.69) is 16.0 Å². The predicted octanol–water partition coefficient (Wildman–Crippen LogP) is 3.55. The molecule has 0 heterocycles. The van der Waals surface area contributed by atoms with E-state index >= 15 is 0 Å². The number of hydrogen-bond donors (Lipinski definition) is 3. The number of rotatable bonds is 7. The van der Waals surface area contributed by atoms with Gasteiger partial charge in [-0.05, 0) is 41.8 Å². The number of carbonyl (C=O) groups excluding carboxylic acids is 2. The van der Waals surface area contributed by atoms with Crippen molar-refractivity contribution in [2.24, 2.45) is 0 Å². The first-order chi connectivity index (χ1) is 12.5. The van der Waals surface area contributed by atoms with Gasteiger partial charge in [-0.1, -0.05) is 42.8 Å². The lowest BCUT2D eigenvalue weighted by Crippen LogP contribution is -2.42. The maximum absolute atomic E-state index is 12.8. The third-order valence-corrected chi connectivity index (χ3v) is 4.04. The van der Waals surface area contributed by atoms with E-state index in [1.807, 2.05) is 19.1 Å². The summed E-state index contributed by atoms with van der Waals surface area (Å²) in [5, 5.41) is 8.61. The summed E-state index contributed by atoms with van der Waals surface area (Å²) < 4.78 is 12.8. The van der Waals surface area contributed by atoms with E-state index in [-0.39, 0.29) is 30.9 Å². The first-order valence-electron chi connectivity index (χ1n) is 8.29. The molecule has 26 heavy (non-hydrogen) atoms. The van der Waals surface area contributed by atoms with Crippen molar-refractivity contribution >= 4 is 23.5 Å². The first kappa shape index (κ1) is 19.7. The Labute approximate surface area is 156 Å². The van der Waals surface area contributed by atoms with E-state index in [0.29, 0.717) is 11.4 Å². The highest BCUT2D eigenvalue weighted by Gasteiger charge is 2.13. The molecule has 0 saturated carbocycles. The molecule has 0 spiro atoms. The maximum atomic E-state index is 12.8. The Balaban J connectivity index is 1.75. The average molecular weight is 378 g/mol. The van der Waals surface area contributed by atoms with Crippen LogP contribution >= 0.6 is 11.6 Å². The Morgan fingerprint density at radius 1 is 1.04 bits per heavy atom. The molecule has 138 valence electrons. The Morgan fingerprint density at radius 3 is 2.31 bits per heavy atom. The SMILES string of the molecule is CC[C@@H](NC(=O)CNC(=O)NCc1ccc(F)cc1)c1ccc(Cl)cc1. The van der Waals surface area contributed by atoms with Crippen molar-refractivity contribution in [2.75, 3.05) is 6.54 Å². The van der Waals surface area contributed by atoms with Crippen molar-refractivity contribution in [3.63, 3.8) is 0 Å². The number of carbonyl (C=O) groups is 2. The third kappa shape index (κ3) is 6.37. The molecule has 0 aliphatic heterocycles. The highest BCUT2D eigenvalue weighted by molar-refractivity contribution is 6.30. The van der Waals surface area contributed by atoms with Crippen LogP contribution in [0.25, 0.3) is 0 Å². The molecule has 3 N–H and O–H groups in total. The Morgan fingerprint density at radius 2 is 1.69 bits per heavy atom. The standard InChI is InChI=1S/C19H21ClFN3O2/c1-2-17(14-5-7-15(20)8-6-14)24-18(25)12-23-19(26)22-11-13-3-9-16(21)10-4-13/h3-10,17H,2,11-12H2,1H3,(H,24,25)(H2,22,23,26)/t17-/m1/s1. The van der Waals surface area contributed by atoms with Gasteiger partial charge in [0, 0.05) is 11.6 Å². The van der Waals surface area contributed by atoms with E-state index < -0.39 is 6.03 Å². The zero-order chi connectivity index (χ0) is 18.9. The normalized spacial score (nSPS) is 11.5. The number of hydrogen-bond acceptors (Lipinski definition) is 2. The summed E-state index contributed by atoms with van der Waals surface area (Å²) in [6.45, 7) is 2.07. The molecule has 0 radical (unpaired) electrons. The van der Waals surface area contributed by atoms with Crippen LogP contribution in [-0.4, -0.2) is 18.5 Å².